The molecule has 0 fully saturated rings. The second-order valence-electron chi connectivity index (χ2n) is 6.05. The van der Waals surface area contributed by atoms with E-state index in [1.165, 1.54) is 24.3 Å². The molecule has 0 unspecified atom stereocenters. The minimum Gasteiger partial charge on any atom is -0.508 e. The molecule has 0 atom stereocenters. The number of aromatic hydroxyl groups is 5. The Morgan fingerprint density at radius 3 is 1.38 bits per heavy atom. The third-order valence-corrected chi connectivity index (χ3v) is 4.59. The fourth-order valence-electron chi connectivity index (χ4n) is 2.80. The van der Waals surface area contributed by atoms with Crippen molar-refractivity contribution in [2.75, 3.05) is 0 Å². The van der Waals surface area contributed by atoms with Gasteiger partial charge in [-0.3, -0.25) is 0 Å². The van der Waals surface area contributed by atoms with Gasteiger partial charge in [-0.05, 0) is 46.5 Å². The molecule has 5 nitrogen and oxygen atoms in total. The van der Waals surface area contributed by atoms with Gasteiger partial charge in [-0.25, -0.2) is 0 Å². The topological polar surface area (TPSA) is 101 Å². The number of hydrogen-bond acceptors (Lipinski definition) is 5. The molecule has 5 N–H and O–H groups in total. The molecule has 0 aliphatic rings. The van der Waals surface area contributed by atoms with Crippen LogP contribution < -0.4 is 0 Å². The van der Waals surface area contributed by atoms with Gasteiger partial charge in [-0.2, -0.15) is 0 Å². The molecule has 0 saturated carbocycles. The fourth-order valence-corrected chi connectivity index (χ4v) is 3.35. The molecule has 26 heavy (non-hydrogen) atoms. The van der Waals surface area contributed by atoms with Crippen molar-refractivity contribution in [3.8, 4) is 28.7 Å². The van der Waals surface area contributed by atoms with Crippen molar-refractivity contribution in [2.45, 2.75) is 12.8 Å². The Morgan fingerprint density at radius 1 is 0.577 bits per heavy atom. The molecule has 3 aromatic carbocycles. The summed E-state index contributed by atoms with van der Waals surface area (Å²) in [5.41, 5.74) is 2.31. The van der Waals surface area contributed by atoms with E-state index in [0.717, 1.165) is 4.47 Å². The van der Waals surface area contributed by atoms with Crippen LogP contribution in [0, 0.1) is 0 Å². The van der Waals surface area contributed by atoms with Gasteiger partial charge in [0, 0.05) is 29.4 Å². The Balaban J connectivity index is 1.95. The SMILES string of the molecule is Oc1ccc(Cc2cc(Br)cc(Cc3ccc(O)cc3O)c2O)c(O)c1. The van der Waals surface area contributed by atoms with Crippen molar-refractivity contribution in [1.82, 2.24) is 0 Å². The first-order valence-electron chi connectivity index (χ1n) is 7.85. The van der Waals surface area contributed by atoms with E-state index in [0.29, 0.717) is 22.3 Å². The molecule has 0 saturated heterocycles. The van der Waals surface area contributed by atoms with Gasteiger partial charge in [-0.15, -0.1) is 0 Å². The number of hydrogen-bond donors (Lipinski definition) is 5. The summed E-state index contributed by atoms with van der Waals surface area (Å²) in [5.74, 6) is -0.112. The van der Waals surface area contributed by atoms with E-state index in [-0.39, 0.29) is 41.6 Å². The smallest absolute Gasteiger partial charge is 0.122 e. The highest BCUT2D eigenvalue weighted by atomic mass is 79.9. The molecule has 0 heterocycles. The Kier molecular flexibility index (Phi) is 4.95. The van der Waals surface area contributed by atoms with E-state index in [1.54, 1.807) is 24.3 Å². The lowest BCUT2D eigenvalue weighted by Gasteiger charge is -2.13. The van der Waals surface area contributed by atoms with Gasteiger partial charge >= 0.3 is 0 Å². The molecule has 0 aliphatic heterocycles. The molecule has 3 rings (SSSR count). The first-order chi connectivity index (χ1) is 12.3. The summed E-state index contributed by atoms with van der Waals surface area (Å²) in [6.45, 7) is 0. The molecule has 134 valence electrons. The summed E-state index contributed by atoms with van der Waals surface area (Å²) in [5, 5.41) is 49.4. The average Bonchev–Trinajstić information content (AvgIpc) is 2.56. The van der Waals surface area contributed by atoms with Crippen LogP contribution >= 0.6 is 15.9 Å². The summed E-state index contributed by atoms with van der Waals surface area (Å²) in [7, 11) is 0. The Hall–Kier alpha value is -2.86. The van der Waals surface area contributed by atoms with Gasteiger partial charge in [0.1, 0.15) is 28.7 Å². The van der Waals surface area contributed by atoms with E-state index in [9.17, 15) is 25.5 Å². The van der Waals surface area contributed by atoms with Crippen molar-refractivity contribution in [1.29, 1.82) is 0 Å². The van der Waals surface area contributed by atoms with Gasteiger partial charge in [-0.1, -0.05) is 28.1 Å². The van der Waals surface area contributed by atoms with E-state index >= 15 is 0 Å². The lowest BCUT2D eigenvalue weighted by atomic mass is 9.97. The van der Waals surface area contributed by atoms with Crippen molar-refractivity contribution >= 4 is 15.9 Å². The normalized spacial score (nSPS) is 10.8. The summed E-state index contributed by atoms with van der Waals surface area (Å²) < 4.78 is 0.747. The van der Waals surface area contributed by atoms with Gasteiger partial charge in [0.2, 0.25) is 0 Å². The Morgan fingerprint density at radius 2 is 1.00 bits per heavy atom. The molecule has 6 heteroatoms. The van der Waals surface area contributed by atoms with E-state index in [1.807, 2.05) is 0 Å². The predicted molar refractivity (Wildman–Crippen MR) is 101 cm³/mol. The van der Waals surface area contributed by atoms with Crippen LogP contribution in [-0.2, 0) is 12.8 Å². The van der Waals surface area contributed by atoms with Gasteiger partial charge in [0.05, 0.1) is 0 Å². The third kappa shape index (κ3) is 3.86. The molecule has 3 aromatic rings. The minimum absolute atomic E-state index is 0.0341. The fraction of sp³-hybridized carbons (Fsp3) is 0.100. The molecule has 0 radical (unpaired) electrons. The van der Waals surface area contributed by atoms with Crippen molar-refractivity contribution in [2.24, 2.45) is 0 Å². The summed E-state index contributed by atoms with van der Waals surface area (Å²) >= 11 is 3.42. The first kappa shape index (κ1) is 17.9. The standard InChI is InChI=1S/C20H17BrO5/c21-15-7-13(5-11-1-3-16(22)9-18(11)24)20(26)14(8-15)6-12-2-4-17(23)10-19(12)25/h1-4,7-10,22-26H,5-6H2. The van der Waals surface area contributed by atoms with E-state index in [2.05, 4.69) is 15.9 Å². The lowest BCUT2D eigenvalue weighted by Crippen LogP contribution is -1.96. The number of rotatable bonds is 4. The van der Waals surface area contributed by atoms with Crippen LogP contribution in [0.2, 0.25) is 0 Å². The Bertz CT molecular complexity index is 894. The number of halogens is 1. The maximum absolute atomic E-state index is 10.6. The average molecular weight is 417 g/mol. The van der Waals surface area contributed by atoms with Crippen LogP contribution in [0.25, 0.3) is 0 Å². The van der Waals surface area contributed by atoms with E-state index in [4.69, 9.17) is 0 Å². The lowest BCUT2D eigenvalue weighted by molar-refractivity contribution is 0.445. The zero-order valence-electron chi connectivity index (χ0n) is 13.6. The number of phenolic OH excluding ortho intramolecular Hbond substituents is 5. The monoisotopic (exact) mass is 416 g/mol. The molecular weight excluding hydrogens is 400 g/mol. The van der Waals surface area contributed by atoms with Crippen LogP contribution in [0.15, 0.2) is 53.0 Å². The van der Waals surface area contributed by atoms with Gasteiger partial charge in [0.25, 0.3) is 0 Å². The van der Waals surface area contributed by atoms with Crippen LogP contribution in [-0.4, -0.2) is 25.5 Å². The van der Waals surface area contributed by atoms with Crippen LogP contribution in [0.3, 0.4) is 0 Å². The molecule has 0 amide bonds. The highest BCUT2D eigenvalue weighted by Crippen LogP contribution is 2.35. The summed E-state index contributed by atoms with van der Waals surface area (Å²) in [6.07, 6.45) is 0.540. The van der Waals surface area contributed by atoms with Gasteiger partial charge < -0.3 is 25.5 Å². The highest BCUT2D eigenvalue weighted by molar-refractivity contribution is 9.10. The summed E-state index contributed by atoms with van der Waals surface area (Å²) in [4.78, 5) is 0. The van der Waals surface area contributed by atoms with E-state index < -0.39 is 0 Å². The Labute approximate surface area is 158 Å². The molecule has 0 spiro atoms. The second kappa shape index (κ2) is 7.17. The van der Waals surface area contributed by atoms with Crippen LogP contribution in [0.4, 0.5) is 0 Å². The zero-order valence-corrected chi connectivity index (χ0v) is 15.2. The second-order valence-corrected chi connectivity index (χ2v) is 6.97. The quantitative estimate of drug-likeness (QED) is 0.439. The maximum atomic E-state index is 10.6. The van der Waals surface area contributed by atoms with Crippen molar-refractivity contribution < 1.29 is 25.5 Å². The molecular formula is C20H17BrO5. The van der Waals surface area contributed by atoms with Crippen molar-refractivity contribution in [3.05, 3.63) is 75.3 Å². The molecule has 0 aromatic heterocycles. The predicted octanol–water partition coefficient (Wildman–Crippen LogP) is 4.16. The van der Waals surface area contributed by atoms with Crippen LogP contribution in [0.5, 0.6) is 28.7 Å². The minimum atomic E-state index is -0.0536. The third-order valence-electron chi connectivity index (χ3n) is 4.13. The first-order valence-corrected chi connectivity index (χ1v) is 8.64. The largest absolute Gasteiger partial charge is 0.508 e. The molecule has 0 bridgehead atoms. The molecule has 0 aliphatic carbocycles. The zero-order chi connectivity index (χ0) is 18.8. The maximum Gasteiger partial charge on any atom is 0.122 e. The van der Waals surface area contributed by atoms with Crippen LogP contribution in [0.1, 0.15) is 22.3 Å². The number of benzene rings is 3. The van der Waals surface area contributed by atoms with Gasteiger partial charge in [0.15, 0.2) is 0 Å². The highest BCUT2D eigenvalue weighted by Gasteiger charge is 2.14. The number of phenols is 5. The van der Waals surface area contributed by atoms with Crippen molar-refractivity contribution in [3.63, 3.8) is 0 Å². The summed E-state index contributed by atoms with van der Waals surface area (Å²) in [6, 6.07) is 12.1.